The second kappa shape index (κ2) is 9.08. The van der Waals surface area contributed by atoms with Crippen LogP contribution in [0.3, 0.4) is 0 Å². The second-order valence-corrected chi connectivity index (χ2v) is 7.33. The van der Waals surface area contributed by atoms with Crippen LogP contribution in [0.4, 0.5) is 0 Å². The van der Waals surface area contributed by atoms with Gasteiger partial charge in [-0.2, -0.15) is 5.56 Å². The van der Waals surface area contributed by atoms with Gasteiger partial charge < -0.3 is 24.8 Å². The van der Waals surface area contributed by atoms with Crippen molar-refractivity contribution >= 4 is 21.5 Å². The molecule has 0 radical (unpaired) electrons. The molecule has 0 aliphatic heterocycles. The molecule has 0 spiro atoms. The van der Waals surface area contributed by atoms with Crippen LogP contribution in [0, 0.1) is 6.92 Å². The Bertz CT molecular complexity index is 1040. The number of benzene rings is 2. The quantitative estimate of drug-likeness (QED) is 0.379. The fourth-order valence-corrected chi connectivity index (χ4v) is 4.78. The van der Waals surface area contributed by atoms with Crippen molar-refractivity contribution in [1.29, 1.82) is 0 Å². The topological polar surface area (TPSA) is 0 Å². The first-order valence-electron chi connectivity index (χ1n) is 9.12. The van der Waals surface area contributed by atoms with Crippen LogP contribution in [0.1, 0.15) is 41.0 Å². The van der Waals surface area contributed by atoms with Crippen LogP contribution in [0.5, 0.6) is 0 Å². The van der Waals surface area contributed by atoms with E-state index in [-0.39, 0.29) is 51.0 Å². The van der Waals surface area contributed by atoms with Crippen molar-refractivity contribution < 1.29 is 51.0 Å². The van der Waals surface area contributed by atoms with Crippen molar-refractivity contribution in [1.82, 2.24) is 0 Å². The van der Waals surface area contributed by atoms with Gasteiger partial charge in [0.1, 0.15) is 0 Å². The maximum atomic E-state index is 2.42. The van der Waals surface area contributed by atoms with Gasteiger partial charge in [0.2, 0.25) is 0 Å². The zero-order valence-electron chi connectivity index (χ0n) is 15.4. The smallest absolute Gasteiger partial charge is 1.00 e. The summed E-state index contributed by atoms with van der Waals surface area (Å²) in [5, 5.41) is 5.76. The summed E-state index contributed by atoms with van der Waals surface area (Å²) in [6.45, 7) is 2.29. The van der Waals surface area contributed by atoms with Gasteiger partial charge in [-0.05, 0) is 12.8 Å². The van der Waals surface area contributed by atoms with Gasteiger partial charge in [0.15, 0.2) is 0 Å². The van der Waals surface area contributed by atoms with E-state index in [1.807, 2.05) is 0 Å². The molecule has 4 aromatic rings. The molecular formula is C24H22Cl2Zr. The summed E-state index contributed by atoms with van der Waals surface area (Å²) in [6.07, 6.45) is 5.06. The van der Waals surface area contributed by atoms with Crippen LogP contribution in [-0.2, 0) is 39.0 Å². The Morgan fingerprint density at radius 1 is 0.889 bits per heavy atom. The molecule has 1 unspecified atom stereocenters. The Morgan fingerprint density at radius 3 is 2.22 bits per heavy atom. The summed E-state index contributed by atoms with van der Waals surface area (Å²) < 4.78 is 0. The molecule has 1 aliphatic rings. The molecule has 27 heavy (non-hydrogen) atoms. The molecule has 0 heterocycles. The van der Waals surface area contributed by atoms with Crippen molar-refractivity contribution in [2.24, 2.45) is 0 Å². The van der Waals surface area contributed by atoms with E-state index in [4.69, 9.17) is 0 Å². The van der Waals surface area contributed by atoms with Crippen molar-refractivity contribution in [3.63, 3.8) is 0 Å². The summed E-state index contributed by atoms with van der Waals surface area (Å²) >= 11 is 0. The average Bonchev–Trinajstić information content (AvgIpc) is 3.26. The van der Waals surface area contributed by atoms with E-state index in [1.165, 1.54) is 52.8 Å². The van der Waals surface area contributed by atoms with Crippen molar-refractivity contribution in [2.45, 2.75) is 38.5 Å². The molecule has 0 aromatic heterocycles. The van der Waals surface area contributed by atoms with Gasteiger partial charge in [-0.3, -0.25) is 0 Å². The van der Waals surface area contributed by atoms with Gasteiger partial charge in [-0.1, -0.05) is 37.8 Å². The Balaban J connectivity index is 0.000000871. The molecule has 0 saturated carbocycles. The van der Waals surface area contributed by atoms with Gasteiger partial charge in [0.05, 0.1) is 0 Å². The molecule has 0 fully saturated rings. The van der Waals surface area contributed by atoms with E-state index in [0.717, 1.165) is 5.92 Å². The van der Waals surface area contributed by atoms with E-state index >= 15 is 0 Å². The van der Waals surface area contributed by atoms with Crippen LogP contribution in [0.25, 0.3) is 21.5 Å². The molecule has 4 aromatic carbocycles. The third-order valence-electron chi connectivity index (χ3n) is 6.04. The van der Waals surface area contributed by atoms with Crippen LogP contribution in [0.15, 0.2) is 60.7 Å². The third kappa shape index (κ3) is 3.84. The average molecular weight is 473 g/mol. The van der Waals surface area contributed by atoms with E-state index in [9.17, 15) is 0 Å². The molecular weight excluding hydrogens is 450 g/mol. The van der Waals surface area contributed by atoms with E-state index < -0.39 is 0 Å². The Kier molecular flexibility index (Phi) is 7.54. The SMILES string of the molecule is Cc1c(CCC2CCc3[cH-]c4ccccc4c32)[cH-]c2ccccc12.[Cl-].[Cl-].[Zr+4]. The summed E-state index contributed by atoms with van der Waals surface area (Å²) in [5.74, 6) is 0.734. The van der Waals surface area contributed by atoms with E-state index in [0.29, 0.717) is 0 Å². The second-order valence-electron chi connectivity index (χ2n) is 7.33. The van der Waals surface area contributed by atoms with Gasteiger partial charge in [0.25, 0.3) is 0 Å². The van der Waals surface area contributed by atoms with Crippen LogP contribution < -0.4 is 24.8 Å². The molecule has 0 nitrogen and oxygen atoms in total. The zero-order chi connectivity index (χ0) is 16.1. The first kappa shape index (κ1) is 22.4. The molecule has 0 saturated heterocycles. The first-order chi connectivity index (χ1) is 11.8. The van der Waals surface area contributed by atoms with Gasteiger partial charge >= 0.3 is 26.2 Å². The van der Waals surface area contributed by atoms with Gasteiger partial charge in [0, 0.05) is 0 Å². The Labute approximate surface area is 193 Å². The van der Waals surface area contributed by atoms with Crippen molar-refractivity contribution in [3.8, 4) is 0 Å². The molecule has 1 atom stereocenters. The largest absolute Gasteiger partial charge is 4.00 e. The third-order valence-corrected chi connectivity index (χ3v) is 6.04. The number of aryl methyl sites for hydroxylation is 3. The summed E-state index contributed by atoms with van der Waals surface area (Å²) in [7, 11) is 0. The molecule has 0 amide bonds. The molecule has 5 rings (SSSR count). The van der Waals surface area contributed by atoms with Crippen LogP contribution in [-0.4, -0.2) is 0 Å². The minimum atomic E-state index is 0. The summed E-state index contributed by atoms with van der Waals surface area (Å²) in [4.78, 5) is 0. The molecule has 3 heteroatoms. The van der Waals surface area contributed by atoms with Crippen molar-refractivity contribution in [2.75, 3.05) is 0 Å². The minimum absolute atomic E-state index is 0. The fraction of sp³-hybridized carbons (Fsp3) is 0.250. The molecule has 1 aliphatic carbocycles. The predicted octanol–water partition coefficient (Wildman–Crippen LogP) is 0.407. The first-order valence-corrected chi connectivity index (χ1v) is 9.12. The summed E-state index contributed by atoms with van der Waals surface area (Å²) in [5.41, 5.74) is 6.28. The van der Waals surface area contributed by atoms with E-state index in [1.54, 1.807) is 16.7 Å². The normalized spacial score (nSPS) is 15.1. The van der Waals surface area contributed by atoms with Crippen LogP contribution >= 0.6 is 0 Å². The predicted molar refractivity (Wildman–Crippen MR) is 103 cm³/mol. The van der Waals surface area contributed by atoms with E-state index in [2.05, 4.69) is 67.6 Å². The fourth-order valence-electron chi connectivity index (χ4n) is 4.78. The maximum Gasteiger partial charge on any atom is 4.00 e. The minimum Gasteiger partial charge on any atom is -1.00 e. The van der Waals surface area contributed by atoms with Crippen molar-refractivity contribution in [3.05, 3.63) is 82.9 Å². The Hall–Kier alpha value is -0.877. The number of fused-ring (bicyclic) bond motifs is 4. The van der Waals surface area contributed by atoms with Gasteiger partial charge in [-0.25, -0.2) is 0 Å². The number of rotatable bonds is 3. The zero-order valence-corrected chi connectivity index (χ0v) is 19.4. The molecule has 0 bridgehead atoms. The van der Waals surface area contributed by atoms with Gasteiger partial charge in [-0.15, -0.1) is 86.8 Å². The summed E-state index contributed by atoms with van der Waals surface area (Å²) in [6, 6.07) is 22.5. The molecule has 136 valence electrons. The maximum absolute atomic E-state index is 2.42. The van der Waals surface area contributed by atoms with Crippen LogP contribution in [0.2, 0.25) is 0 Å². The standard InChI is InChI=1S/C24H22.2ClH.Zr/c1-16-18(14-19-6-2-4-8-22(16)19)12-10-17-11-13-21-15-20-7-3-5-9-23(20)24(17)21;;;/h2-9,14-15,17H,10-13H2,1H3;2*1H;/q-2;;;+4/p-2. The Morgan fingerprint density at radius 2 is 1.52 bits per heavy atom. The number of hydrogen-bond acceptors (Lipinski definition) is 0. The molecule has 0 N–H and O–H groups in total. The number of halogens is 2. The number of hydrogen-bond donors (Lipinski definition) is 0. The monoisotopic (exact) mass is 470 g/mol.